The molecular formula is C17H28P3S+. The first kappa shape index (κ1) is 17.8. The van der Waals surface area contributed by atoms with Gasteiger partial charge in [0, 0.05) is 12.0 Å². The molecule has 0 N–H and O–H groups in total. The Bertz CT molecular complexity index is 578. The summed E-state index contributed by atoms with van der Waals surface area (Å²) in [5, 5.41) is 0. The van der Waals surface area contributed by atoms with E-state index in [4.69, 9.17) is 0 Å². The Kier molecular flexibility index (Phi) is 6.65. The van der Waals surface area contributed by atoms with E-state index in [0.717, 1.165) is 0 Å². The third-order valence-electron chi connectivity index (χ3n) is 4.42. The van der Waals surface area contributed by atoms with Crippen LogP contribution < -0.4 is 0 Å². The standard InChI is InChI=1S/C17H28P3S/c1-5-6-14(11-21(4)20(18)19)17-9-15-7-12(2)13(3)8-16(15)10-17/h7-8H,5-6,9-11,18-19H2,1-4H3/q+1. The monoisotopic (exact) mass is 357 g/mol. The second kappa shape index (κ2) is 7.84. The summed E-state index contributed by atoms with van der Waals surface area (Å²) in [6.07, 6.45) is 7.44. The normalized spacial score (nSPS) is 15.0. The van der Waals surface area contributed by atoms with Gasteiger partial charge in [0.05, 0.1) is 17.9 Å². The minimum absolute atomic E-state index is 0.0388. The summed E-state index contributed by atoms with van der Waals surface area (Å²) in [4.78, 5) is 0. The molecular weight excluding hydrogens is 329 g/mol. The molecule has 0 fully saturated rings. The molecule has 2 rings (SSSR count). The summed E-state index contributed by atoms with van der Waals surface area (Å²) in [5.74, 6) is 1.31. The Morgan fingerprint density at radius 3 is 2.10 bits per heavy atom. The largest absolute Gasteiger partial charge is 0.145 e. The summed E-state index contributed by atoms with van der Waals surface area (Å²) >= 11 is 0. The predicted molar refractivity (Wildman–Crippen MR) is 110 cm³/mol. The van der Waals surface area contributed by atoms with Gasteiger partial charge in [0.15, 0.2) is 0 Å². The van der Waals surface area contributed by atoms with Crippen LogP contribution in [-0.2, 0) is 22.9 Å². The summed E-state index contributed by atoms with van der Waals surface area (Å²) in [6, 6.07) is 4.84. The van der Waals surface area contributed by atoms with E-state index in [1.54, 1.807) is 22.3 Å². The Balaban J connectivity index is 2.32. The molecule has 4 heteroatoms. The lowest BCUT2D eigenvalue weighted by Gasteiger charge is -2.10. The van der Waals surface area contributed by atoms with Gasteiger partial charge in [-0.05, 0) is 65.4 Å². The molecule has 0 nitrogen and oxygen atoms in total. The molecule has 116 valence electrons. The quantitative estimate of drug-likeness (QED) is 0.477. The van der Waals surface area contributed by atoms with Crippen molar-refractivity contribution in [1.82, 2.24) is 0 Å². The minimum atomic E-state index is 0.0388. The van der Waals surface area contributed by atoms with Gasteiger partial charge in [-0.2, -0.15) is 0 Å². The molecule has 3 unspecified atom stereocenters. The fourth-order valence-corrected chi connectivity index (χ4v) is 6.27. The van der Waals surface area contributed by atoms with Gasteiger partial charge < -0.3 is 0 Å². The average Bonchev–Trinajstić information content (AvgIpc) is 2.81. The fraction of sp³-hybridized carbons (Fsp3) is 0.529. The van der Waals surface area contributed by atoms with Crippen LogP contribution in [-0.4, -0.2) is 12.0 Å². The van der Waals surface area contributed by atoms with E-state index in [9.17, 15) is 0 Å². The third kappa shape index (κ3) is 4.48. The Morgan fingerprint density at radius 1 is 1.14 bits per heavy atom. The number of allylic oxidation sites excluding steroid dienone is 1. The maximum absolute atomic E-state index is 3.02. The van der Waals surface area contributed by atoms with Crippen molar-refractivity contribution in [2.24, 2.45) is 0 Å². The zero-order valence-electron chi connectivity index (χ0n) is 13.7. The predicted octanol–water partition coefficient (Wildman–Crippen LogP) is 5.72. The molecule has 1 aromatic rings. The van der Waals surface area contributed by atoms with Crippen LogP contribution in [0, 0.1) is 13.8 Å². The van der Waals surface area contributed by atoms with Crippen LogP contribution in [0.5, 0.6) is 0 Å². The van der Waals surface area contributed by atoms with Crippen molar-refractivity contribution in [1.29, 1.82) is 0 Å². The first-order chi connectivity index (χ1) is 9.92. The van der Waals surface area contributed by atoms with E-state index in [0.29, 0.717) is 10.1 Å². The van der Waals surface area contributed by atoms with Crippen molar-refractivity contribution in [3.63, 3.8) is 0 Å². The number of aryl methyl sites for hydroxylation is 2. The highest BCUT2D eigenvalue weighted by molar-refractivity contribution is 8.63. The summed E-state index contributed by atoms with van der Waals surface area (Å²) in [6.45, 7) is 6.79. The molecule has 1 aliphatic carbocycles. The van der Waals surface area contributed by atoms with Crippen LogP contribution in [0.25, 0.3) is 0 Å². The van der Waals surface area contributed by atoms with Gasteiger partial charge in [0.1, 0.15) is 6.07 Å². The smallest absolute Gasteiger partial charge is 0.0651 e. The van der Waals surface area contributed by atoms with E-state index in [2.05, 4.69) is 57.0 Å². The van der Waals surface area contributed by atoms with E-state index in [1.807, 2.05) is 0 Å². The van der Waals surface area contributed by atoms with Crippen LogP contribution >= 0.6 is 23.9 Å². The zero-order chi connectivity index (χ0) is 15.6. The van der Waals surface area contributed by atoms with Crippen molar-refractivity contribution in [2.45, 2.75) is 46.5 Å². The number of hydrogen-bond acceptors (Lipinski definition) is 0. The van der Waals surface area contributed by atoms with Gasteiger partial charge in [0.2, 0.25) is 0 Å². The Morgan fingerprint density at radius 2 is 1.67 bits per heavy atom. The molecule has 0 amide bonds. The van der Waals surface area contributed by atoms with Crippen molar-refractivity contribution < 1.29 is 0 Å². The highest BCUT2D eigenvalue weighted by atomic mass is 32.8. The summed E-state index contributed by atoms with van der Waals surface area (Å²) in [7, 11) is 6.54. The number of rotatable bonds is 4. The van der Waals surface area contributed by atoms with Crippen molar-refractivity contribution in [2.75, 3.05) is 12.0 Å². The molecule has 1 aliphatic rings. The SMILES string of the molecule is CCCC(CS(C)=[P+](P)P)=C1Cc2cc(C)c(C)cc2C1. The van der Waals surface area contributed by atoms with E-state index >= 15 is 0 Å². The number of hydrogen-bond donors (Lipinski definition) is 0. The lowest BCUT2D eigenvalue weighted by Crippen LogP contribution is -2.02. The third-order valence-corrected chi connectivity index (χ3v) is 14.9. The topological polar surface area (TPSA) is 0 Å². The number of fused-ring (bicyclic) bond motifs is 1. The molecule has 0 spiro atoms. The molecule has 0 heterocycles. The van der Waals surface area contributed by atoms with Crippen molar-refractivity contribution in [3.8, 4) is 0 Å². The van der Waals surface area contributed by atoms with Crippen LogP contribution in [0.4, 0.5) is 0 Å². The molecule has 0 saturated carbocycles. The van der Waals surface area contributed by atoms with E-state index in [1.165, 1.54) is 42.6 Å². The maximum atomic E-state index is 3.02. The van der Waals surface area contributed by atoms with Gasteiger partial charge in [-0.15, -0.1) is 0 Å². The van der Waals surface area contributed by atoms with Gasteiger partial charge in [-0.25, -0.2) is 0 Å². The number of benzene rings is 1. The first-order valence-electron chi connectivity index (χ1n) is 7.63. The van der Waals surface area contributed by atoms with Gasteiger partial charge in [0.25, 0.3) is 0 Å². The second-order valence-electron chi connectivity index (χ2n) is 6.12. The van der Waals surface area contributed by atoms with Crippen LogP contribution in [0.2, 0.25) is 0 Å². The van der Waals surface area contributed by atoms with Crippen LogP contribution in [0.15, 0.2) is 23.3 Å². The van der Waals surface area contributed by atoms with E-state index in [-0.39, 0.29) is 6.07 Å². The minimum Gasteiger partial charge on any atom is -0.0651 e. The molecule has 0 aromatic heterocycles. The fourth-order valence-electron chi connectivity index (χ4n) is 3.02. The lowest BCUT2D eigenvalue weighted by atomic mass is 10.0. The lowest BCUT2D eigenvalue weighted by molar-refractivity contribution is 0.880. The Hall–Kier alpha value is 0.470. The maximum Gasteiger partial charge on any atom is 0.145 e. The summed E-state index contributed by atoms with van der Waals surface area (Å²) < 4.78 is 0. The summed E-state index contributed by atoms with van der Waals surface area (Å²) in [5.41, 5.74) is 9.53. The van der Waals surface area contributed by atoms with Crippen LogP contribution in [0.3, 0.4) is 0 Å². The average molecular weight is 357 g/mol. The zero-order valence-corrected chi connectivity index (χ0v) is 17.7. The molecule has 0 saturated heterocycles. The van der Waals surface area contributed by atoms with Crippen molar-refractivity contribution >= 4 is 34.0 Å². The highest BCUT2D eigenvalue weighted by Crippen LogP contribution is 2.45. The van der Waals surface area contributed by atoms with Gasteiger partial charge in [-0.1, -0.05) is 36.6 Å². The molecule has 3 atom stereocenters. The Labute approximate surface area is 138 Å². The van der Waals surface area contributed by atoms with Gasteiger partial charge >= 0.3 is 0 Å². The van der Waals surface area contributed by atoms with Gasteiger partial charge in [-0.3, -0.25) is 0 Å². The van der Waals surface area contributed by atoms with Crippen LogP contribution in [0.1, 0.15) is 42.0 Å². The molecule has 21 heavy (non-hydrogen) atoms. The molecule has 0 aliphatic heterocycles. The van der Waals surface area contributed by atoms with Crippen molar-refractivity contribution in [3.05, 3.63) is 45.5 Å². The molecule has 1 aromatic carbocycles. The first-order valence-corrected chi connectivity index (χ1v) is 14.6. The molecule has 0 radical (unpaired) electrons. The second-order valence-corrected chi connectivity index (χ2v) is 18.8. The van der Waals surface area contributed by atoms with E-state index < -0.39 is 0 Å². The highest BCUT2D eigenvalue weighted by Gasteiger charge is 2.20. The molecule has 0 bridgehead atoms.